The maximum atomic E-state index is 13.4. The lowest BCUT2D eigenvalue weighted by molar-refractivity contribution is 0.0629. The molecule has 1 fully saturated rings. The minimum Gasteiger partial charge on any atom is -0.497 e. The first-order valence-electron chi connectivity index (χ1n) is 11.5. The van der Waals surface area contributed by atoms with Crippen LogP contribution in [0, 0.1) is 0 Å². The van der Waals surface area contributed by atoms with E-state index in [0.717, 1.165) is 73.7 Å². The maximum absolute atomic E-state index is 13.4. The van der Waals surface area contributed by atoms with Gasteiger partial charge in [0.25, 0.3) is 5.91 Å². The van der Waals surface area contributed by atoms with Gasteiger partial charge in [0.1, 0.15) is 11.5 Å². The molecule has 1 amide bonds. The summed E-state index contributed by atoms with van der Waals surface area (Å²) in [5, 5.41) is 1.23. The highest BCUT2D eigenvalue weighted by Gasteiger charge is 2.26. The quantitative estimate of drug-likeness (QED) is 0.660. The molecule has 32 heavy (non-hydrogen) atoms. The largest absolute Gasteiger partial charge is 0.497 e. The molecule has 0 bridgehead atoms. The molecule has 0 saturated carbocycles. The van der Waals surface area contributed by atoms with E-state index >= 15 is 0 Å². The molecule has 6 heteroatoms. The molecule has 1 aromatic heterocycles. The minimum absolute atomic E-state index is 0.132. The predicted molar refractivity (Wildman–Crippen MR) is 126 cm³/mol. The Bertz CT molecular complexity index is 1130. The zero-order valence-corrected chi connectivity index (χ0v) is 18.9. The second-order valence-corrected chi connectivity index (χ2v) is 8.76. The van der Waals surface area contributed by atoms with Crippen LogP contribution in [0.1, 0.15) is 40.0 Å². The average molecular weight is 434 g/mol. The van der Waals surface area contributed by atoms with E-state index in [0.29, 0.717) is 0 Å². The number of ether oxygens (including phenoxy) is 2. The molecule has 2 heterocycles. The first-order chi connectivity index (χ1) is 15.7. The van der Waals surface area contributed by atoms with E-state index in [4.69, 9.17) is 9.47 Å². The second kappa shape index (κ2) is 8.87. The molecule has 2 aliphatic rings. The molecule has 0 spiro atoms. The van der Waals surface area contributed by atoms with Crippen molar-refractivity contribution in [2.75, 3.05) is 40.4 Å². The lowest BCUT2D eigenvalue weighted by Crippen LogP contribution is -2.48. The number of hydrogen-bond donors (Lipinski definition) is 1. The van der Waals surface area contributed by atoms with Crippen molar-refractivity contribution >= 4 is 16.8 Å². The van der Waals surface area contributed by atoms with Crippen LogP contribution in [0.3, 0.4) is 0 Å². The van der Waals surface area contributed by atoms with Gasteiger partial charge in [-0.1, -0.05) is 12.1 Å². The SMILES string of the molecule is COc1ccc(OC)c(CN2CCN(C(=O)c3cccc4c5c([nH]c34)CCCC5)CC2)c1. The van der Waals surface area contributed by atoms with Gasteiger partial charge in [0.15, 0.2) is 0 Å². The number of rotatable bonds is 5. The fraction of sp³-hybridized carbons (Fsp3) is 0.423. The molecule has 0 radical (unpaired) electrons. The molecule has 168 valence electrons. The van der Waals surface area contributed by atoms with Crippen LogP contribution in [-0.4, -0.2) is 61.1 Å². The van der Waals surface area contributed by atoms with E-state index in [9.17, 15) is 4.79 Å². The summed E-state index contributed by atoms with van der Waals surface area (Å²) < 4.78 is 10.9. The number of benzene rings is 2. The van der Waals surface area contributed by atoms with Crippen molar-refractivity contribution in [3.8, 4) is 11.5 Å². The summed E-state index contributed by atoms with van der Waals surface area (Å²) in [6, 6.07) is 12.1. The lowest BCUT2D eigenvalue weighted by Gasteiger charge is -2.35. The first kappa shape index (κ1) is 20.9. The summed E-state index contributed by atoms with van der Waals surface area (Å²) in [6.45, 7) is 3.90. The number of nitrogens with one attached hydrogen (secondary N) is 1. The number of carbonyl (C=O) groups is 1. The number of methoxy groups -OCH3 is 2. The van der Waals surface area contributed by atoms with E-state index in [2.05, 4.69) is 16.0 Å². The van der Waals surface area contributed by atoms with Crippen molar-refractivity contribution in [1.82, 2.24) is 14.8 Å². The molecule has 0 atom stereocenters. The van der Waals surface area contributed by atoms with Gasteiger partial charge < -0.3 is 19.4 Å². The molecule has 6 nitrogen and oxygen atoms in total. The van der Waals surface area contributed by atoms with Crippen LogP contribution in [0.15, 0.2) is 36.4 Å². The Morgan fingerprint density at radius 2 is 1.81 bits per heavy atom. The van der Waals surface area contributed by atoms with Crippen LogP contribution >= 0.6 is 0 Å². The van der Waals surface area contributed by atoms with Crippen LogP contribution in [0.5, 0.6) is 11.5 Å². The first-order valence-corrected chi connectivity index (χ1v) is 11.5. The Balaban J connectivity index is 1.29. The molecule has 1 aliphatic heterocycles. The van der Waals surface area contributed by atoms with Gasteiger partial charge in [0.2, 0.25) is 0 Å². The van der Waals surface area contributed by atoms with E-state index in [1.165, 1.54) is 29.5 Å². The van der Waals surface area contributed by atoms with Gasteiger partial charge in [0, 0.05) is 49.4 Å². The number of amides is 1. The van der Waals surface area contributed by atoms with Crippen LogP contribution in [-0.2, 0) is 19.4 Å². The minimum atomic E-state index is 0.132. The third kappa shape index (κ3) is 3.84. The molecule has 2 aromatic carbocycles. The third-order valence-corrected chi connectivity index (χ3v) is 6.90. The average Bonchev–Trinajstić information content (AvgIpc) is 3.23. The van der Waals surface area contributed by atoms with E-state index in [1.54, 1.807) is 14.2 Å². The highest BCUT2D eigenvalue weighted by molar-refractivity contribution is 6.06. The van der Waals surface area contributed by atoms with Crippen molar-refractivity contribution in [3.63, 3.8) is 0 Å². The summed E-state index contributed by atoms with van der Waals surface area (Å²) in [5.74, 6) is 1.83. The van der Waals surface area contributed by atoms with Gasteiger partial charge in [-0.3, -0.25) is 9.69 Å². The molecule has 1 aliphatic carbocycles. The Labute approximate surface area is 189 Å². The van der Waals surface area contributed by atoms with Crippen molar-refractivity contribution in [2.24, 2.45) is 0 Å². The smallest absolute Gasteiger partial charge is 0.256 e. The van der Waals surface area contributed by atoms with Crippen LogP contribution in [0.4, 0.5) is 0 Å². The highest BCUT2D eigenvalue weighted by Crippen LogP contribution is 2.31. The molecule has 0 unspecified atom stereocenters. The van der Waals surface area contributed by atoms with Crippen LogP contribution < -0.4 is 9.47 Å². The van der Waals surface area contributed by atoms with Crippen molar-refractivity contribution in [3.05, 3.63) is 58.8 Å². The predicted octanol–water partition coefficient (Wildman–Crippen LogP) is 4.02. The van der Waals surface area contributed by atoms with Gasteiger partial charge >= 0.3 is 0 Å². The maximum Gasteiger partial charge on any atom is 0.256 e. The number of fused-ring (bicyclic) bond motifs is 3. The van der Waals surface area contributed by atoms with Crippen molar-refractivity contribution in [1.29, 1.82) is 0 Å². The van der Waals surface area contributed by atoms with Gasteiger partial charge in [-0.05, 0) is 55.5 Å². The third-order valence-electron chi connectivity index (χ3n) is 6.90. The number of piperazine rings is 1. The summed E-state index contributed by atoms with van der Waals surface area (Å²) in [7, 11) is 3.37. The lowest BCUT2D eigenvalue weighted by atomic mass is 9.95. The number of nitrogens with zero attached hydrogens (tertiary/aromatic N) is 2. The summed E-state index contributed by atoms with van der Waals surface area (Å²) in [6.07, 6.45) is 4.66. The number of aromatic amines is 1. The van der Waals surface area contributed by atoms with Crippen LogP contribution in [0.25, 0.3) is 10.9 Å². The summed E-state index contributed by atoms with van der Waals surface area (Å²) in [5.41, 5.74) is 5.67. The van der Waals surface area contributed by atoms with Gasteiger partial charge in [0.05, 0.1) is 25.3 Å². The van der Waals surface area contributed by atoms with Gasteiger partial charge in [-0.25, -0.2) is 0 Å². The zero-order valence-electron chi connectivity index (χ0n) is 18.9. The summed E-state index contributed by atoms with van der Waals surface area (Å²) >= 11 is 0. The van der Waals surface area contributed by atoms with Crippen LogP contribution in [0.2, 0.25) is 0 Å². The fourth-order valence-corrected chi connectivity index (χ4v) is 5.13. The topological polar surface area (TPSA) is 57.8 Å². The standard InChI is InChI=1S/C26H31N3O3/c1-31-19-10-11-24(32-2)18(16-19)17-28-12-14-29(15-13-28)26(30)22-8-5-7-21-20-6-3-4-9-23(20)27-25(21)22/h5,7-8,10-11,16,27H,3-4,6,9,12-15,17H2,1-2H3. The van der Waals surface area contributed by atoms with Crippen molar-refractivity contribution < 1.29 is 14.3 Å². The molecule has 3 aromatic rings. The van der Waals surface area contributed by atoms with E-state index in [1.807, 2.05) is 35.2 Å². The normalized spacial score (nSPS) is 16.8. The monoisotopic (exact) mass is 433 g/mol. The van der Waals surface area contributed by atoms with E-state index in [-0.39, 0.29) is 5.91 Å². The Morgan fingerprint density at radius 3 is 2.59 bits per heavy atom. The number of carbonyl (C=O) groups excluding carboxylic acids is 1. The zero-order chi connectivity index (χ0) is 22.1. The Kier molecular flexibility index (Phi) is 5.79. The Morgan fingerprint density at radius 1 is 1.00 bits per heavy atom. The van der Waals surface area contributed by atoms with E-state index < -0.39 is 0 Å². The number of hydrogen-bond acceptors (Lipinski definition) is 4. The second-order valence-electron chi connectivity index (χ2n) is 8.76. The summed E-state index contributed by atoms with van der Waals surface area (Å²) in [4.78, 5) is 21.4. The van der Waals surface area contributed by atoms with Crippen molar-refractivity contribution in [2.45, 2.75) is 32.2 Å². The fourth-order valence-electron chi connectivity index (χ4n) is 5.13. The number of aromatic nitrogens is 1. The van der Waals surface area contributed by atoms with Gasteiger partial charge in [-0.15, -0.1) is 0 Å². The molecule has 1 N–H and O–H groups in total. The number of para-hydroxylation sites is 1. The number of aryl methyl sites for hydroxylation is 2. The molecule has 5 rings (SSSR count). The highest BCUT2D eigenvalue weighted by atomic mass is 16.5. The molecular weight excluding hydrogens is 402 g/mol. The Hall–Kier alpha value is -2.99. The number of H-pyrrole nitrogens is 1. The molecular formula is C26H31N3O3. The molecule has 1 saturated heterocycles. The van der Waals surface area contributed by atoms with Gasteiger partial charge in [-0.2, -0.15) is 0 Å².